The summed E-state index contributed by atoms with van der Waals surface area (Å²) in [6, 6.07) is -1.17. The summed E-state index contributed by atoms with van der Waals surface area (Å²) in [6.07, 6.45) is -4.04. The molecule has 1 fully saturated rings. The Morgan fingerprint density at radius 1 is 1.07 bits per heavy atom. The average Bonchev–Trinajstić information content (AvgIpc) is 2.66. The molecule has 11 nitrogen and oxygen atoms in total. The summed E-state index contributed by atoms with van der Waals surface area (Å²) in [4.78, 5) is 23.0. The van der Waals surface area contributed by atoms with E-state index in [0.29, 0.717) is 0 Å². The minimum Gasteiger partial charge on any atom is -0.445 e. The van der Waals surface area contributed by atoms with Gasteiger partial charge >= 0.3 is 12.2 Å². The van der Waals surface area contributed by atoms with Crippen molar-refractivity contribution >= 4 is 12.2 Å². The highest BCUT2D eigenvalue weighted by Crippen LogP contribution is 2.22. The van der Waals surface area contributed by atoms with Crippen LogP contribution in [0.2, 0.25) is 0 Å². The van der Waals surface area contributed by atoms with E-state index in [0.717, 1.165) is 0 Å². The molecule has 0 aromatic rings. The van der Waals surface area contributed by atoms with Gasteiger partial charge in [0.05, 0.1) is 13.2 Å². The molecule has 0 saturated carbocycles. The van der Waals surface area contributed by atoms with Gasteiger partial charge in [0.25, 0.3) is 0 Å². The minimum atomic E-state index is -1.48. The van der Waals surface area contributed by atoms with Gasteiger partial charge in [-0.2, -0.15) is 0 Å². The number of aliphatic hydroxyl groups excluding tert-OH is 3. The molecule has 11 heteroatoms. The topological polar surface area (TPSA) is 156 Å². The van der Waals surface area contributed by atoms with Crippen LogP contribution in [-0.2, 0) is 18.9 Å². The van der Waals surface area contributed by atoms with Gasteiger partial charge in [0.2, 0.25) is 0 Å². The monoisotopic (exact) mass is 390 g/mol. The van der Waals surface area contributed by atoms with E-state index in [-0.39, 0.29) is 26.4 Å². The van der Waals surface area contributed by atoms with Crippen LogP contribution in [-0.4, -0.2) is 91.1 Å². The van der Waals surface area contributed by atoms with Gasteiger partial charge in [-0.05, 0) is 0 Å². The summed E-state index contributed by atoms with van der Waals surface area (Å²) < 4.78 is 20.3. The number of carbonyl (C=O) groups is 2. The SMILES string of the molecule is C=CCOC(=O)NCCO[C@@H]1O[C@H](CO)[C@@H](O)[C@H](O)[C@H]1NC(=O)OCC=C. The Morgan fingerprint density at radius 3 is 2.30 bits per heavy atom. The summed E-state index contributed by atoms with van der Waals surface area (Å²) in [5.74, 6) is 0. The lowest BCUT2D eigenvalue weighted by molar-refractivity contribution is -0.268. The molecule has 27 heavy (non-hydrogen) atoms. The van der Waals surface area contributed by atoms with Crippen molar-refractivity contribution < 1.29 is 43.9 Å². The summed E-state index contributed by atoms with van der Waals surface area (Å²) in [5, 5.41) is 34.2. The van der Waals surface area contributed by atoms with E-state index in [1.54, 1.807) is 0 Å². The number of hydrogen-bond donors (Lipinski definition) is 5. The van der Waals surface area contributed by atoms with Gasteiger partial charge in [-0.25, -0.2) is 9.59 Å². The number of hydrogen-bond acceptors (Lipinski definition) is 9. The van der Waals surface area contributed by atoms with Crippen LogP contribution >= 0.6 is 0 Å². The van der Waals surface area contributed by atoms with Crippen molar-refractivity contribution in [3.63, 3.8) is 0 Å². The summed E-state index contributed by atoms with van der Waals surface area (Å²) >= 11 is 0. The highest BCUT2D eigenvalue weighted by atomic mass is 16.7. The molecule has 5 atom stereocenters. The molecule has 2 amide bonds. The third kappa shape index (κ3) is 7.53. The molecule has 1 aliphatic rings. The fourth-order valence-electron chi connectivity index (χ4n) is 2.20. The van der Waals surface area contributed by atoms with Crippen molar-refractivity contribution in [1.29, 1.82) is 0 Å². The fraction of sp³-hybridized carbons (Fsp3) is 0.625. The predicted octanol–water partition coefficient (Wildman–Crippen LogP) is -1.36. The molecule has 0 bridgehead atoms. The fourth-order valence-corrected chi connectivity index (χ4v) is 2.20. The normalized spacial score (nSPS) is 27.3. The van der Waals surface area contributed by atoms with Gasteiger partial charge in [-0.15, -0.1) is 0 Å². The molecule has 1 heterocycles. The summed E-state index contributed by atoms with van der Waals surface area (Å²) in [6.45, 7) is 6.23. The zero-order valence-electron chi connectivity index (χ0n) is 14.8. The first-order chi connectivity index (χ1) is 12.9. The molecular weight excluding hydrogens is 364 g/mol. The maximum absolute atomic E-state index is 11.7. The van der Waals surface area contributed by atoms with Crippen LogP contribution in [0.15, 0.2) is 25.3 Å². The second-order valence-electron chi connectivity index (χ2n) is 5.45. The third-order valence-electron chi connectivity index (χ3n) is 3.48. The van der Waals surface area contributed by atoms with E-state index >= 15 is 0 Å². The first-order valence-corrected chi connectivity index (χ1v) is 8.24. The van der Waals surface area contributed by atoms with Gasteiger partial charge in [0.15, 0.2) is 6.29 Å². The van der Waals surface area contributed by atoms with Gasteiger partial charge in [0.1, 0.15) is 37.6 Å². The number of ether oxygens (including phenoxy) is 4. The van der Waals surface area contributed by atoms with Gasteiger partial charge in [0, 0.05) is 6.54 Å². The maximum atomic E-state index is 11.7. The van der Waals surface area contributed by atoms with Gasteiger partial charge < -0.3 is 44.9 Å². The Kier molecular flexibility index (Phi) is 10.4. The van der Waals surface area contributed by atoms with Crippen LogP contribution in [0.25, 0.3) is 0 Å². The predicted molar refractivity (Wildman–Crippen MR) is 91.7 cm³/mol. The first-order valence-electron chi connectivity index (χ1n) is 8.24. The Balaban J connectivity index is 2.60. The first kappa shape index (κ1) is 22.9. The number of carbonyl (C=O) groups excluding carboxylic acids is 2. The van der Waals surface area contributed by atoms with Crippen LogP contribution in [0.5, 0.6) is 0 Å². The number of alkyl carbamates (subject to hydrolysis) is 2. The van der Waals surface area contributed by atoms with Crippen LogP contribution in [0, 0.1) is 0 Å². The molecule has 0 unspecified atom stereocenters. The highest BCUT2D eigenvalue weighted by molar-refractivity contribution is 5.68. The van der Waals surface area contributed by atoms with E-state index in [2.05, 4.69) is 23.8 Å². The molecule has 0 spiro atoms. The van der Waals surface area contributed by atoms with Crippen molar-refractivity contribution in [3.05, 3.63) is 25.3 Å². The zero-order valence-corrected chi connectivity index (χ0v) is 14.8. The van der Waals surface area contributed by atoms with Crippen molar-refractivity contribution in [2.24, 2.45) is 0 Å². The number of rotatable bonds is 10. The third-order valence-corrected chi connectivity index (χ3v) is 3.48. The van der Waals surface area contributed by atoms with Crippen molar-refractivity contribution in [2.45, 2.75) is 30.6 Å². The molecule has 1 saturated heterocycles. The molecule has 0 radical (unpaired) electrons. The Bertz CT molecular complexity index is 502. The average molecular weight is 390 g/mol. The van der Waals surface area contributed by atoms with E-state index in [1.807, 2.05) is 0 Å². The Hall–Kier alpha value is -2.18. The molecule has 154 valence electrons. The van der Waals surface area contributed by atoms with Crippen molar-refractivity contribution in [1.82, 2.24) is 10.6 Å². The van der Waals surface area contributed by atoms with E-state index in [4.69, 9.17) is 18.9 Å². The molecule has 0 aromatic heterocycles. The largest absolute Gasteiger partial charge is 0.445 e. The Labute approximate surface area is 156 Å². The summed E-state index contributed by atoms with van der Waals surface area (Å²) in [5.41, 5.74) is 0. The molecule has 0 aliphatic carbocycles. The standard InChI is InChI=1S/C16H26N2O9/c1-3-6-25-15(22)17-5-8-24-14-11(18-16(23)26-7-4-2)13(21)12(20)10(9-19)27-14/h3-4,10-14,19-21H,1-2,5-9H2,(H,17,22)(H,18,23)/t10-,11-,12-,13-,14-/m1/s1. The van der Waals surface area contributed by atoms with E-state index in [9.17, 15) is 24.9 Å². The molecule has 0 aromatic carbocycles. The highest BCUT2D eigenvalue weighted by Gasteiger charge is 2.45. The molecule has 1 aliphatic heterocycles. The molecule has 5 N–H and O–H groups in total. The van der Waals surface area contributed by atoms with Crippen LogP contribution in [0.3, 0.4) is 0 Å². The second kappa shape index (κ2) is 12.3. The van der Waals surface area contributed by atoms with Crippen LogP contribution in [0.1, 0.15) is 0 Å². The lowest BCUT2D eigenvalue weighted by atomic mass is 9.97. The van der Waals surface area contributed by atoms with Gasteiger partial charge in [-0.1, -0.05) is 25.3 Å². The molecule has 1 rings (SSSR count). The zero-order chi connectivity index (χ0) is 20.2. The van der Waals surface area contributed by atoms with Crippen LogP contribution in [0.4, 0.5) is 9.59 Å². The summed E-state index contributed by atoms with van der Waals surface area (Å²) in [7, 11) is 0. The number of nitrogens with one attached hydrogen (secondary N) is 2. The smallest absolute Gasteiger partial charge is 0.407 e. The quantitative estimate of drug-likeness (QED) is 0.224. The van der Waals surface area contributed by atoms with E-state index < -0.39 is 49.4 Å². The number of aliphatic hydroxyl groups is 3. The number of amides is 2. The Morgan fingerprint density at radius 2 is 1.70 bits per heavy atom. The van der Waals surface area contributed by atoms with E-state index in [1.165, 1.54) is 12.2 Å². The van der Waals surface area contributed by atoms with Crippen molar-refractivity contribution in [2.75, 3.05) is 33.0 Å². The van der Waals surface area contributed by atoms with Crippen LogP contribution < -0.4 is 10.6 Å². The molecular formula is C16H26N2O9. The van der Waals surface area contributed by atoms with Crippen molar-refractivity contribution in [3.8, 4) is 0 Å². The lowest BCUT2D eigenvalue weighted by Gasteiger charge is -2.41. The van der Waals surface area contributed by atoms with Gasteiger partial charge in [-0.3, -0.25) is 0 Å². The maximum Gasteiger partial charge on any atom is 0.407 e. The second-order valence-corrected chi connectivity index (χ2v) is 5.45. The lowest BCUT2D eigenvalue weighted by Crippen LogP contribution is -2.65. The minimum absolute atomic E-state index is 0.0475.